The zero-order valence-electron chi connectivity index (χ0n) is 22.1. The van der Waals surface area contributed by atoms with Crippen LogP contribution < -0.4 is 14.8 Å². The van der Waals surface area contributed by atoms with Crippen molar-refractivity contribution in [3.05, 3.63) is 64.0 Å². The van der Waals surface area contributed by atoms with Gasteiger partial charge in [0.1, 0.15) is 18.3 Å². The number of hydrogen-bond donors (Lipinski definition) is 1. The number of carbonyl (C=O) groups is 2. The Balaban J connectivity index is 1.30. The third kappa shape index (κ3) is 5.71. The molecule has 1 N–H and O–H groups in total. The first kappa shape index (κ1) is 26.1. The van der Waals surface area contributed by atoms with Gasteiger partial charge in [0, 0.05) is 17.5 Å². The van der Waals surface area contributed by atoms with E-state index in [1.54, 1.807) is 11.0 Å². The number of ether oxygens (including phenoxy) is 2. The Bertz CT molecular complexity index is 1480. The van der Waals surface area contributed by atoms with Crippen LogP contribution in [0, 0.1) is 6.92 Å². The molecular weight excluding hydrogens is 532 g/mol. The van der Waals surface area contributed by atoms with Gasteiger partial charge >= 0.3 is 0 Å². The van der Waals surface area contributed by atoms with Gasteiger partial charge in [-0.2, -0.15) is 4.80 Å². The molecular formula is C28H30N6O5S. The molecule has 4 heterocycles. The Morgan fingerprint density at radius 2 is 1.98 bits per heavy atom. The second-order valence-electron chi connectivity index (χ2n) is 10.0. The van der Waals surface area contributed by atoms with Crippen LogP contribution in [0.25, 0.3) is 11.6 Å². The van der Waals surface area contributed by atoms with Crippen molar-refractivity contribution in [2.24, 2.45) is 0 Å². The molecule has 0 saturated heterocycles. The molecule has 40 heavy (non-hydrogen) atoms. The van der Waals surface area contributed by atoms with Crippen molar-refractivity contribution in [1.29, 1.82) is 0 Å². The molecule has 2 aliphatic rings. The molecule has 2 amide bonds. The first-order valence-electron chi connectivity index (χ1n) is 13.4. The second kappa shape index (κ2) is 11.5. The number of fused-ring (bicyclic) bond motifs is 1. The van der Waals surface area contributed by atoms with E-state index in [1.165, 1.54) is 22.6 Å². The number of thiophene rings is 1. The van der Waals surface area contributed by atoms with Gasteiger partial charge in [-0.15, -0.1) is 21.5 Å². The van der Waals surface area contributed by atoms with Gasteiger partial charge in [-0.25, -0.2) is 0 Å². The number of nitrogens with one attached hydrogen (secondary N) is 1. The van der Waals surface area contributed by atoms with Gasteiger partial charge in [-0.3, -0.25) is 9.59 Å². The molecule has 11 nitrogen and oxygen atoms in total. The van der Waals surface area contributed by atoms with Gasteiger partial charge in [0.2, 0.25) is 24.4 Å². The molecule has 12 heteroatoms. The second-order valence-corrected chi connectivity index (χ2v) is 11.0. The molecule has 208 valence electrons. The van der Waals surface area contributed by atoms with E-state index in [2.05, 4.69) is 20.7 Å². The lowest BCUT2D eigenvalue weighted by molar-refractivity contribution is -0.142. The van der Waals surface area contributed by atoms with Gasteiger partial charge in [0.25, 0.3) is 0 Å². The summed E-state index contributed by atoms with van der Waals surface area (Å²) in [5.74, 6) is 2.22. The highest BCUT2D eigenvalue weighted by Gasteiger charge is 2.34. The minimum atomic E-state index is -0.824. The molecule has 0 radical (unpaired) electrons. The predicted octanol–water partition coefficient (Wildman–Crippen LogP) is 4.25. The maximum Gasteiger partial charge on any atom is 0.248 e. The van der Waals surface area contributed by atoms with Crippen molar-refractivity contribution in [2.75, 3.05) is 6.79 Å². The SMILES string of the molecule is Cc1ccc(-c2nnn(CC(=O)N(Cc3ccc4c(c3)OCO4)[C@@H](C(=O)NC3CCCCC3)c3cccs3)n2)o1. The van der Waals surface area contributed by atoms with E-state index in [4.69, 9.17) is 13.9 Å². The Morgan fingerprint density at radius 1 is 1.12 bits per heavy atom. The first-order valence-corrected chi connectivity index (χ1v) is 14.3. The lowest BCUT2D eigenvalue weighted by atomic mass is 9.95. The number of benzene rings is 1. The average Bonchev–Trinajstić information content (AvgIpc) is 3.77. The molecule has 1 atom stereocenters. The summed E-state index contributed by atoms with van der Waals surface area (Å²) < 4.78 is 16.6. The van der Waals surface area contributed by atoms with Gasteiger partial charge in [0.15, 0.2) is 17.3 Å². The standard InChI is InChI=1S/C28H30N6O5S/c1-18-9-11-22(39-18)27-30-32-34(31-27)16-25(35)33(15-19-10-12-21-23(14-19)38-17-37-21)26(24-8-5-13-40-24)28(36)29-20-6-3-2-4-7-20/h5,8-14,20,26H,2-4,6-7,15-17H2,1H3,(H,29,36)/t26-/m1/s1. The maximum atomic E-state index is 14.0. The van der Waals surface area contributed by atoms with E-state index in [0.717, 1.165) is 41.9 Å². The zero-order chi connectivity index (χ0) is 27.5. The minimum absolute atomic E-state index is 0.0995. The molecule has 0 unspecified atom stereocenters. The smallest absolute Gasteiger partial charge is 0.248 e. The molecule has 3 aromatic heterocycles. The highest BCUT2D eigenvalue weighted by atomic mass is 32.1. The molecule has 1 aliphatic heterocycles. The summed E-state index contributed by atoms with van der Waals surface area (Å²) in [6, 6.07) is 12.2. The van der Waals surface area contributed by atoms with Crippen molar-refractivity contribution in [2.45, 2.75) is 64.2 Å². The van der Waals surface area contributed by atoms with Gasteiger partial charge in [0.05, 0.1) is 0 Å². The number of amides is 2. The van der Waals surface area contributed by atoms with Crippen molar-refractivity contribution in [1.82, 2.24) is 30.4 Å². The molecule has 1 saturated carbocycles. The summed E-state index contributed by atoms with van der Waals surface area (Å²) >= 11 is 1.45. The van der Waals surface area contributed by atoms with Crippen LogP contribution in [-0.4, -0.2) is 49.8 Å². The Hall–Kier alpha value is -4.19. The van der Waals surface area contributed by atoms with Crippen LogP contribution in [0.15, 0.2) is 52.3 Å². The number of carbonyl (C=O) groups excluding carboxylic acids is 2. The zero-order valence-corrected chi connectivity index (χ0v) is 22.9. The highest BCUT2D eigenvalue weighted by molar-refractivity contribution is 7.10. The quantitative estimate of drug-likeness (QED) is 0.321. The molecule has 0 bridgehead atoms. The summed E-state index contributed by atoms with van der Waals surface area (Å²) in [6.45, 7) is 1.96. The predicted molar refractivity (Wildman–Crippen MR) is 145 cm³/mol. The topological polar surface area (TPSA) is 125 Å². The van der Waals surface area contributed by atoms with E-state index in [0.29, 0.717) is 17.3 Å². The normalized spacial score (nSPS) is 15.6. The molecule has 6 rings (SSSR count). The molecule has 4 aromatic rings. The van der Waals surface area contributed by atoms with Crippen LogP contribution in [0.1, 0.15) is 54.3 Å². The largest absolute Gasteiger partial charge is 0.458 e. The van der Waals surface area contributed by atoms with Crippen LogP contribution in [0.5, 0.6) is 11.5 Å². The van der Waals surface area contributed by atoms with Crippen molar-refractivity contribution >= 4 is 23.2 Å². The van der Waals surface area contributed by atoms with Crippen molar-refractivity contribution < 1.29 is 23.5 Å². The fraction of sp³-hybridized carbons (Fsp3) is 0.393. The Kier molecular flexibility index (Phi) is 7.49. The molecule has 1 aromatic carbocycles. The number of furan rings is 1. The lowest BCUT2D eigenvalue weighted by Crippen LogP contribution is -2.47. The molecule has 1 fully saturated rings. The summed E-state index contributed by atoms with van der Waals surface area (Å²) in [7, 11) is 0. The molecule has 1 aliphatic carbocycles. The third-order valence-electron chi connectivity index (χ3n) is 7.12. The number of rotatable bonds is 9. The van der Waals surface area contributed by atoms with Crippen LogP contribution in [0.3, 0.4) is 0 Å². The van der Waals surface area contributed by atoms with E-state index in [1.807, 2.05) is 48.7 Å². The Labute approximate surface area is 235 Å². The van der Waals surface area contributed by atoms with E-state index in [-0.39, 0.29) is 43.6 Å². The fourth-order valence-electron chi connectivity index (χ4n) is 5.13. The van der Waals surface area contributed by atoms with E-state index >= 15 is 0 Å². The average molecular weight is 563 g/mol. The van der Waals surface area contributed by atoms with Gasteiger partial charge in [-0.1, -0.05) is 31.4 Å². The van der Waals surface area contributed by atoms with Crippen molar-refractivity contribution in [3.63, 3.8) is 0 Å². The third-order valence-corrected chi connectivity index (χ3v) is 8.05. The number of hydrogen-bond acceptors (Lipinski definition) is 9. The van der Waals surface area contributed by atoms with Crippen LogP contribution >= 0.6 is 11.3 Å². The first-order chi connectivity index (χ1) is 19.5. The van der Waals surface area contributed by atoms with E-state index < -0.39 is 6.04 Å². The fourth-order valence-corrected chi connectivity index (χ4v) is 5.97. The van der Waals surface area contributed by atoms with Crippen LogP contribution in [0.2, 0.25) is 0 Å². The Morgan fingerprint density at radius 3 is 2.75 bits per heavy atom. The van der Waals surface area contributed by atoms with Crippen LogP contribution in [0.4, 0.5) is 0 Å². The summed E-state index contributed by atoms with van der Waals surface area (Å²) in [5, 5.41) is 17.6. The number of tetrazole rings is 1. The summed E-state index contributed by atoms with van der Waals surface area (Å²) in [5.41, 5.74) is 0.808. The summed E-state index contributed by atoms with van der Waals surface area (Å²) in [6.07, 6.45) is 5.24. The number of nitrogens with zero attached hydrogens (tertiary/aromatic N) is 5. The highest BCUT2D eigenvalue weighted by Crippen LogP contribution is 2.34. The minimum Gasteiger partial charge on any atom is -0.458 e. The maximum absolute atomic E-state index is 14.0. The molecule has 0 spiro atoms. The summed E-state index contributed by atoms with van der Waals surface area (Å²) in [4.78, 5) is 31.4. The van der Waals surface area contributed by atoms with Gasteiger partial charge < -0.3 is 24.1 Å². The lowest BCUT2D eigenvalue weighted by Gasteiger charge is -2.32. The number of aryl methyl sites for hydroxylation is 1. The van der Waals surface area contributed by atoms with Crippen molar-refractivity contribution in [3.8, 4) is 23.1 Å². The van der Waals surface area contributed by atoms with E-state index in [9.17, 15) is 9.59 Å². The van der Waals surface area contributed by atoms with Gasteiger partial charge in [-0.05, 0) is 66.3 Å². The number of aromatic nitrogens is 4. The van der Waals surface area contributed by atoms with Crippen LogP contribution in [-0.2, 0) is 22.7 Å². The monoisotopic (exact) mass is 562 g/mol.